The Morgan fingerprint density at radius 2 is 1.97 bits per heavy atom. The first-order valence-corrected chi connectivity index (χ1v) is 10.5. The number of hydrogen-bond acceptors (Lipinski definition) is 4. The van der Waals surface area contributed by atoms with E-state index in [0.717, 1.165) is 36.9 Å². The molecule has 0 bridgehead atoms. The second-order valence-electron chi connectivity index (χ2n) is 7.46. The Kier molecular flexibility index (Phi) is 5.95. The van der Waals surface area contributed by atoms with Gasteiger partial charge >= 0.3 is 0 Å². The summed E-state index contributed by atoms with van der Waals surface area (Å²) >= 11 is 5.95. The van der Waals surface area contributed by atoms with E-state index in [-0.39, 0.29) is 17.7 Å². The maximum Gasteiger partial charge on any atom is 0.231 e. The molecule has 0 spiro atoms. The van der Waals surface area contributed by atoms with Crippen LogP contribution in [0.15, 0.2) is 59.1 Å². The van der Waals surface area contributed by atoms with Gasteiger partial charge < -0.3 is 9.42 Å². The van der Waals surface area contributed by atoms with Crippen molar-refractivity contribution in [2.24, 2.45) is 0 Å². The number of nitrogens with zero attached hydrogens (tertiary/aromatic N) is 3. The van der Waals surface area contributed by atoms with Crippen molar-refractivity contribution < 1.29 is 9.32 Å². The Morgan fingerprint density at radius 3 is 2.69 bits per heavy atom. The highest BCUT2D eigenvalue weighted by Gasteiger charge is 2.32. The molecule has 2 aromatic carbocycles. The van der Waals surface area contributed by atoms with Crippen molar-refractivity contribution in [2.75, 3.05) is 13.1 Å². The lowest BCUT2D eigenvalue weighted by Crippen LogP contribution is -2.41. The fraction of sp³-hybridized carbons (Fsp3) is 0.348. The third-order valence-corrected chi connectivity index (χ3v) is 5.79. The molecule has 0 aliphatic carbocycles. The highest BCUT2D eigenvalue weighted by atomic mass is 35.5. The fourth-order valence-corrected chi connectivity index (χ4v) is 4.08. The summed E-state index contributed by atoms with van der Waals surface area (Å²) in [6, 6.07) is 17.4. The summed E-state index contributed by atoms with van der Waals surface area (Å²) in [4.78, 5) is 19.8. The van der Waals surface area contributed by atoms with Gasteiger partial charge in [0.05, 0.1) is 11.8 Å². The molecule has 2 atom stereocenters. The van der Waals surface area contributed by atoms with E-state index in [4.69, 9.17) is 16.1 Å². The van der Waals surface area contributed by atoms with E-state index in [1.807, 2.05) is 59.5 Å². The standard InChI is InChI=1S/C23H24ClN3O2/c1-2-20(16-7-4-3-5-8-16)23(28)27-14-6-9-18(15-27)22-25-21(26-29-22)17-10-12-19(24)13-11-17/h3-5,7-8,10-13,18,20H,2,6,9,14-15H2,1H3/t18-,20+/m0/s1. The van der Waals surface area contributed by atoms with Crippen LogP contribution in [0.1, 0.15) is 49.5 Å². The summed E-state index contributed by atoms with van der Waals surface area (Å²) in [5.74, 6) is 1.29. The predicted molar refractivity (Wildman–Crippen MR) is 113 cm³/mol. The summed E-state index contributed by atoms with van der Waals surface area (Å²) < 4.78 is 5.56. The Bertz CT molecular complexity index is 956. The van der Waals surface area contributed by atoms with Crippen molar-refractivity contribution in [1.82, 2.24) is 15.0 Å². The minimum Gasteiger partial charge on any atom is -0.341 e. The topological polar surface area (TPSA) is 59.2 Å². The van der Waals surface area contributed by atoms with Crippen LogP contribution in [-0.2, 0) is 4.79 Å². The van der Waals surface area contributed by atoms with Crippen LogP contribution < -0.4 is 0 Å². The molecule has 2 heterocycles. The van der Waals surface area contributed by atoms with Gasteiger partial charge in [-0.1, -0.05) is 54.0 Å². The Labute approximate surface area is 175 Å². The van der Waals surface area contributed by atoms with E-state index in [9.17, 15) is 4.79 Å². The third-order valence-electron chi connectivity index (χ3n) is 5.53. The second kappa shape index (κ2) is 8.78. The predicted octanol–water partition coefficient (Wildman–Crippen LogP) is 5.29. The summed E-state index contributed by atoms with van der Waals surface area (Å²) in [5.41, 5.74) is 1.94. The fourth-order valence-electron chi connectivity index (χ4n) is 3.95. The van der Waals surface area contributed by atoms with E-state index in [1.54, 1.807) is 0 Å². The summed E-state index contributed by atoms with van der Waals surface area (Å²) in [7, 11) is 0. The highest BCUT2D eigenvalue weighted by Crippen LogP contribution is 2.30. The largest absolute Gasteiger partial charge is 0.341 e. The molecule has 1 aliphatic rings. The van der Waals surface area contributed by atoms with Crippen LogP contribution in [0.3, 0.4) is 0 Å². The zero-order chi connectivity index (χ0) is 20.2. The van der Waals surface area contributed by atoms with Gasteiger partial charge in [0.1, 0.15) is 0 Å². The van der Waals surface area contributed by atoms with Crippen molar-refractivity contribution in [3.05, 3.63) is 71.1 Å². The average Bonchev–Trinajstić information content (AvgIpc) is 3.26. The van der Waals surface area contributed by atoms with Gasteiger partial charge in [0.25, 0.3) is 0 Å². The second-order valence-corrected chi connectivity index (χ2v) is 7.89. The molecule has 1 amide bonds. The molecule has 1 fully saturated rings. The van der Waals surface area contributed by atoms with Crippen LogP contribution in [0.25, 0.3) is 11.4 Å². The minimum atomic E-state index is -0.109. The quantitative estimate of drug-likeness (QED) is 0.574. The first-order chi connectivity index (χ1) is 14.2. The van der Waals surface area contributed by atoms with Crippen molar-refractivity contribution in [3.8, 4) is 11.4 Å². The zero-order valence-corrected chi connectivity index (χ0v) is 17.2. The van der Waals surface area contributed by atoms with Crippen LogP contribution in [0.5, 0.6) is 0 Å². The molecule has 4 rings (SSSR count). The van der Waals surface area contributed by atoms with Crippen LogP contribution in [-0.4, -0.2) is 34.0 Å². The number of rotatable bonds is 5. The average molecular weight is 410 g/mol. The number of carbonyl (C=O) groups excluding carboxylic acids is 1. The van der Waals surface area contributed by atoms with E-state index in [2.05, 4.69) is 17.1 Å². The van der Waals surface area contributed by atoms with Crippen molar-refractivity contribution >= 4 is 17.5 Å². The molecule has 0 radical (unpaired) electrons. The molecule has 1 aliphatic heterocycles. The Balaban J connectivity index is 1.48. The maximum absolute atomic E-state index is 13.2. The molecule has 0 N–H and O–H groups in total. The number of aromatic nitrogens is 2. The van der Waals surface area contributed by atoms with Crippen LogP contribution in [0.2, 0.25) is 5.02 Å². The smallest absolute Gasteiger partial charge is 0.231 e. The van der Waals surface area contributed by atoms with Crippen molar-refractivity contribution in [1.29, 1.82) is 0 Å². The summed E-state index contributed by atoms with van der Waals surface area (Å²) in [6.45, 7) is 3.45. The summed E-state index contributed by atoms with van der Waals surface area (Å²) in [6.07, 6.45) is 2.65. The SMILES string of the molecule is CC[C@@H](C(=O)N1CCC[C@H](c2nc(-c3ccc(Cl)cc3)no2)C1)c1ccccc1. The molecule has 1 saturated heterocycles. The number of hydrogen-bond donors (Lipinski definition) is 0. The van der Waals surface area contributed by atoms with Crippen LogP contribution in [0, 0.1) is 0 Å². The number of halogens is 1. The molecule has 3 aromatic rings. The Morgan fingerprint density at radius 1 is 1.21 bits per heavy atom. The monoisotopic (exact) mass is 409 g/mol. The number of carbonyl (C=O) groups is 1. The van der Waals surface area contributed by atoms with Gasteiger partial charge in [-0.2, -0.15) is 4.98 Å². The van der Waals surface area contributed by atoms with Crippen molar-refractivity contribution in [2.45, 2.75) is 38.0 Å². The van der Waals surface area contributed by atoms with Gasteiger partial charge in [-0.05, 0) is 49.1 Å². The molecule has 6 heteroatoms. The van der Waals surface area contributed by atoms with Crippen molar-refractivity contribution in [3.63, 3.8) is 0 Å². The Hall–Kier alpha value is -2.66. The summed E-state index contributed by atoms with van der Waals surface area (Å²) in [5, 5.41) is 4.80. The molecule has 29 heavy (non-hydrogen) atoms. The van der Waals surface area contributed by atoms with Crippen LogP contribution in [0.4, 0.5) is 0 Å². The molecule has 0 unspecified atom stereocenters. The highest BCUT2D eigenvalue weighted by molar-refractivity contribution is 6.30. The molecular weight excluding hydrogens is 386 g/mol. The van der Waals surface area contributed by atoms with Gasteiger partial charge in [-0.25, -0.2) is 0 Å². The van der Waals surface area contributed by atoms with Gasteiger partial charge in [0, 0.05) is 23.7 Å². The molecule has 150 valence electrons. The lowest BCUT2D eigenvalue weighted by molar-refractivity contribution is -0.134. The molecular formula is C23H24ClN3O2. The molecule has 0 saturated carbocycles. The van der Waals surface area contributed by atoms with Gasteiger partial charge in [-0.15, -0.1) is 0 Å². The lowest BCUT2D eigenvalue weighted by Gasteiger charge is -2.33. The molecule has 1 aromatic heterocycles. The van der Waals surface area contributed by atoms with Gasteiger partial charge in [0.15, 0.2) is 0 Å². The zero-order valence-electron chi connectivity index (χ0n) is 16.4. The number of benzene rings is 2. The lowest BCUT2D eigenvalue weighted by atomic mass is 9.92. The third kappa shape index (κ3) is 4.35. The normalized spacial score (nSPS) is 17.9. The number of likely N-dealkylation sites (tertiary alicyclic amines) is 1. The maximum atomic E-state index is 13.2. The van der Waals surface area contributed by atoms with E-state index >= 15 is 0 Å². The number of piperidine rings is 1. The number of amides is 1. The van der Waals surface area contributed by atoms with E-state index < -0.39 is 0 Å². The first-order valence-electron chi connectivity index (χ1n) is 10.1. The first kappa shape index (κ1) is 19.6. The molecule has 5 nitrogen and oxygen atoms in total. The van der Waals surface area contributed by atoms with Gasteiger partial charge in [-0.3, -0.25) is 4.79 Å². The van der Waals surface area contributed by atoms with E-state index in [1.165, 1.54) is 0 Å². The van der Waals surface area contributed by atoms with E-state index in [0.29, 0.717) is 23.3 Å². The van der Waals surface area contributed by atoms with Gasteiger partial charge in [0.2, 0.25) is 17.6 Å². The van der Waals surface area contributed by atoms with Crippen LogP contribution >= 0.6 is 11.6 Å². The minimum absolute atomic E-state index is 0.0644.